The summed E-state index contributed by atoms with van der Waals surface area (Å²) in [5.41, 5.74) is 2.05. The van der Waals surface area contributed by atoms with Gasteiger partial charge in [-0.25, -0.2) is 9.78 Å². The van der Waals surface area contributed by atoms with Gasteiger partial charge in [0, 0.05) is 24.6 Å². The van der Waals surface area contributed by atoms with Gasteiger partial charge in [0.05, 0.1) is 24.9 Å². The number of benzene rings is 1. The summed E-state index contributed by atoms with van der Waals surface area (Å²) >= 11 is 1.57. The molecule has 1 saturated heterocycles. The van der Waals surface area contributed by atoms with E-state index in [1.807, 2.05) is 40.6 Å². The van der Waals surface area contributed by atoms with Crippen LogP contribution in [-0.2, 0) is 11.3 Å². The van der Waals surface area contributed by atoms with Crippen molar-refractivity contribution in [1.82, 2.24) is 15.2 Å². The molecule has 2 heterocycles. The minimum atomic E-state index is -0.0268. The molecule has 1 unspecified atom stereocenters. The molecule has 3 rings (SSSR count). The minimum Gasteiger partial charge on any atom is -0.383 e. The molecule has 1 aliphatic rings. The second-order valence-electron chi connectivity index (χ2n) is 5.60. The topological polar surface area (TPSA) is 54.5 Å². The van der Waals surface area contributed by atoms with Crippen LogP contribution in [0, 0.1) is 0 Å². The summed E-state index contributed by atoms with van der Waals surface area (Å²) in [5, 5.41) is 5.92. The smallest absolute Gasteiger partial charge is 0.318 e. The standard InChI is InChI=1S/C17H21N3O2S/c1-22-11-14-8-5-9-20(14)17(21)18-10-16-19-15(12-23-16)13-6-3-2-4-7-13/h2-4,6-7,12,14H,5,8-11H2,1H3,(H,18,21). The normalized spacial score (nSPS) is 17.4. The van der Waals surface area contributed by atoms with E-state index in [1.54, 1.807) is 18.4 Å². The SMILES string of the molecule is COCC1CCCN1C(=O)NCc1nc(-c2ccccc2)cs1. The van der Waals surface area contributed by atoms with Gasteiger partial charge in [-0.1, -0.05) is 30.3 Å². The van der Waals surface area contributed by atoms with Crippen molar-refractivity contribution in [1.29, 1.82) is 0 Å². The molecule has 0 spiro atoms. The first kappa shape index (κ1) is 16.0. The number of methoxy groups -OCH3 is 1. The number of aromatic nitrogens is 1. The van der Waals surface area contributed by atoms with Gasteiger partial charge in [-0.15, -0.1) is 11.3 Å². The van der Waals surface area contributed by atoms with E-state index in [1.165, 1.54) is 0 Å². The highest BCUT2D eigenvalue weighted by Crippen LogP contribution is 2.22. The first-order valence-corrected chi connectivity index (χ1v) is 8.69. The maximum absolute atomic E-state index is 12.3. The summed E-state index contributed by atoms with van der Waals surface area (Å²) in [6, 6.07) is 10.2. The Balaban J connectivity index is 1.56. The Morgan fingerprint density at radius 3 is 3.04 bits per heavy atom. The molecule has 1 aliphatic heterocycles. The number of hydrogen-bond acceptors (Lipinski definition) is 4. The molecule has 1 fully saturated rings. The molecule has 1 atom stereocenters. The van der Waals surface area contributed by atoms with E-state index in [9.17, 15) is 4.79 Å². The highest BCUT2D eigenvalue weighted by Gasteiger charge is 2.28. The summed E-state index contributed by atoms with van der Waals surface area (Å²) < 4.78 is 5.19. The van der Waals surface area contributed by atoms with Crippen molar-refractivity contribution in [2.75, 3.05) is 20.3 Å². The van der Waals surface area contributed by atoms with Gasteiger partial charge in [0.15, 0.2) is 0 Å². The van der Waals surface area contributed by atoms with Crippen LogP contribution in [0.2, 0.25) is 0 Å². The van der Waals surface area contributed by atoms with Crippen molar-refractivity contribution < 1.29 is 9.53 Å². The number of carbonyl (C=O) groups excluding carboxylic acids is 1. The van der Waals surface area contributed by atoms with Gasteiger partial charge in [-0.2, -0.15) is 0 Å². The number of amides is 2. The molecule has 0 bridgehead atoms. The molecule has 2 aromatic rings. The van der Waals surface area contributed by atoms with Gasteiger partial charge in [0.25, 0.3) is 0 Å². The van der Waals surface area contributed by atoms with Gasteiger partial charge in [-0.05, 0) is 12.8 Å². The van der Waals surface area contributed by atoms with Gasteiger partial charge in [0.1, 0.15) is 5.01 Å². The van der Waals surface area contributed by atoms with Crippen LogP contribution in [0.3, 0.4) is 0 Å². The Kier molecular flexibility index (Phi) is 5.25. The number of likely N-dealkylation sites (tertiary alicyclic amines) is 1. The van der Waals surface area contributed by atoms with Gasteiger partial charge in [0.2, 0.25) is 0 Å². The largest absolute Gasteiger partial charge is 0.383 e. The number of nitrogens with one attached hydrogen (secondary N) is 1. The Morgan fingerprint density at radius 2 is 2.26 bits per heavy atom. The molecule has 0 aliphatic carbocycles. The fourth-order valence-corrected chi connectivity index (χ4v) is 3.60. The average molecular weight is 331 g/mol. The Morgan fingerprint density at radius 1 is 1.43 bits per heavy atom. The van der Waals surface area contributed by atoms with Crippen molar-refractivity contribution in [2.24, 2.45) is 0 Å². The van der Waals surface area contributed by atoms with E-state index in [0.717, 1.165) is 35.7 Å². The van der Waals surface area contributed by atoms with Crippen LogP contribution >= 0.6 is 11.3 Å². The molecule has 122 valence electrons. The molecule has 5 nitrogen and oxygen atoms in total. The van der Waals surface area contributed by atoms with Crippen molar-refractivity contribution >= 4 is 17.4 Å². The quantitative estimate of drug-likeness (QED) is 0.916. The Hall–Kier alpha value is -1.92. The summed E-state index contributed by atoms with van der Waals surface area (Å²) in [6.45, 7) is 1.86. The molecular weight excluding hydrogens is 310 g/mol. The maximum Gasteiger partial charge on any atom is 0.318 e. The zero-order valence-corrected chi connectivity index (χ0v) is 14.0. The molecule has 1 aromatic heterocycles. The van der Waals surface area contributed by atoms with Crippen LogP contribution in [-0.4, -0.2) is 42.2 Å². The van der Waals surface area contributed by atoms with Crippen LogP contribution in [0.4, 0.5) is 4.79 Å². The second kappa shape index (κ2) is 7.57. The lowest BCUT2D eigenvalue weighted by Gasteiger charge is -2.24. The number of rotatable bonds is 5. The van der Waals surface area contributed by atoms with E-state index in [2.05, 4.69) is 10.3 Å². The minimum absolute atomic E-state index is 0.0268. The van der Waals surface area contributed by atoms with Crippen LogP contribution in [0.25, 0.3) is 11.3 Å². The number of hydrogen-bond donors (Lipinski definition) is 1. The average Bonchev–Trinajstić information content (AvgIpc) is 3.23. The molecule has 6 heteroatoms. The van der Waals surface area contributed by atoms with Gasteiger partial charge in [-0.3, -0.25) is 0 Å². The zero-order chi connectivity index (χ0) is 16.1. The molecule has 23 heavy (non-hydrogen) atoms. The maximum atomic E-state index is 12.3. The summed E-state index contributed by atoms with van der Waals surface area (Å²) in [7, 11) is 1.68. The third kappa shape index (κ3) is 3.89. The molecule has 1 N–H and O–H groups in total. The highest BCUT2D eigenvalue weighted by atomic mass is 32.1. The monoisotopic (exact) mass is 331 g/mol. The second-order valence-corrected chi connectivity index (χ2v) is 6.54. The Labute approximate surface area is 140 Å². The van der Waals surface area contributed by atoms with Crippen LogP contribution < -0.4 is 5.32 Å². The predicted molar refractivity (Wildman–Crippen MR) is 91.4 cm³/mol. The molecule has 2 amide bonds. The number of nitrogens with zero attached hydrogens (tertiary/aromatic N) is 2. The lowest BCUT2D eigenvalue weighted by molar-refractivity contribution is 0.123. The third-order valence-corrected chi connectivity index (χ3v) is 4.86. The van der Waals surface area contributed by atoms with E-state index >= 15 is 0 Å². The summed E-state index contributed by atoms with van der Waals surface area (Å²) in [4.78, 5) is 18.8. The molecule has 1 aromatic carbocycles. The van der Waals surface area contributed by atoms with E-state index in [4.69, 9.17) is 4.74 Å². The van der Waals surface area contributed by atoms with Gasteiger partial charge < -0.3 is 15.0 Å². The molecule has 0 radical (unpaired) electrons. The molecule has 0 saturated carbocycles. The number of urea groups is 1. The lowest BCUT2D eigenvalue weighted by Crippen LogP contribution is -2.44. The van der Waals surface area contributed by atoms with Crippen LogP contribution in [0.5, 0.6) is 0 Å². The fraction of sp³-hybridized carbons (Fsp3) is 0.412. The highest BCUT2D eigenvalue weighted by molar-refractivity contribution is 7.09. The predicted octanol–water partition coefficient (Wildman–Crippen LogP) is 3.13. The van der Waals surface area contributed by atoms with E-state index in [-0.39, 0.29) is 12.1 Å². The number of ether oxygens (including phenoxy) is 1. The van der Waals surface area contributed by atoms with Crippen molar-refractivity contribution in [3.63, 3.8) is 0 Å². The van der Waals surface area contributed by atoms with E-state index in [0.29, 0.717) is 13.2 Å². The number of carbonyl (C=O) groups is 1. The van der Waals surface area contributed by atoms with Crippen molar-refractivity contribution in [3.05, 3.63) is 40.7 Å². The first-order valence-electron chi connectivity index (χ1n) is 7.81. The fourth-order valence-electron chi connectivity index (χ4n) is 2.86. The third-order valence-electron chi connectivity index (χ3n) is 4.01. The summed E-state index contributed by atoms with van der Waals surface area (Å²) in [6.07, 6.45) is 2.05. The van der Waals surface area contributed by atoms with E-state index < -0.39 is 0 Å². The van der Waals surface area contributed by atoms with Crippen LogP contribution in [0.1, 0.15) is 17.8 Å². The van der Waals surface area contributed by atoms with Crippen LogP contribution in [0.15, 0.2) is 35.7 Å². The van der Waals surface area contributed by atoms with Crippen molar-refractivity contribution in [2.45, 2.75) is 25.4 Å². The Bertz CT molecular complexity index is 644. The zero-order valence-electron chi connectivity index (χ0n) is 13.2. The first-order chi connectivity index (χ1) is 11.3. The number of thiazole rings is 1. The summed E-state index contributed by atoms with van der Waals surface area (Å²) in [5.74, 6) is 0. The lowest BCUT2D eigenvalue weighted by atomic mass is 10.2. The van der Waals surface area contributed by atoms with Crippen molar-refractivity contribution in [3.8, 4) is 11.3 Å². The van der Waals surface area contributed by atoms with Gasteiger partial charge >= 0.3 is 6.03 Å². The molecular formula is C17H21N3O2S.